The number of nitrogens with zero attached hydrogens (tertiary/aromatic N) is 3. The summed E-state index contributed by atoms with van der Waals surface area (Å²) >= 11 is 0. The molecule has 31 heavy (non-hydrogen) atoms. The van der Waals surface area contributed by atoms with E-state index in [-0.39, 0.29) is 30.4 Å². The number of amides is 1. The number of aromatic hydroxyl groups is 1. The lowest BCUT2D eigenvalue weighted by Gasteiger charge is -2.29. The molecule has 1 aliphatic heterocycles. The van der Waals surface area contributed by atoms with Crippen molar-refractivity contribution in [2.75, 3.05) is 6.54 Å². The SMILES string of the molecule is O=C(Cc1nc2n(c(=O)c1O)CCN(Cc1ccccc1)C2)NCc1ccc(F)cc1. The van der Waals surface area contributed by atoms with E-state index in [1.807, 2.05) is 30.3 Å². The van der Waals surface area contributed by atoms with E-state index in [0.717, 1.165) is 17.7 Å². The number of carbonyl (C=O) groups excluding carboxylic acids is 1. The molecule has 2 N–H and O–H groups in total. The number of fused-ring (bicyclic) bond motifs is 1. The van der Waals surface area contributed by atoms with Crippen LogP contribution in [0, 0.1) is 5.82 Å². The van der Waals surface area contributed by atoms with Gasteiger partial charge in [-0.15, -0.1) is 0 Å². The highest BCUT2D eigenvalue weighted by Gasteiger charge is 2.23. The minimum Gasteiger partial charge on any atom is -0.502 e. The zero-order chi connectivity index (χ0) is 21.8. The summed E-state index contributed by atoms with van der Waals surface area (Å²) < 4.78 is 14.5. The lowest BCUT2D eigenvalue weighted by Crippen LogP contribution is -2.40. The van der Waals surface area contributed by atoms with Crippen molar-refractivity contribution in [3.8, 4) is 5.75 Å². The van der Waals surface area contributed by atoms with Crippen LogP contribution in [0.15, 0.2) is 59.4 Å². The molecule has 160 valence electrons. The van der Waals surface area contributed by atoms with E-state index in [0.29, 0.717) is 25.5 Å². The minimum atomic E-state index is -0.523. The first-order valence-corrected chi connectivity index (χ1v) is 10.1. The predicted octanol–water partition coefficient (Wildman–Crippen LogP) is 1.96. The van der Waals surface area contributed by atoms with Gasteiger partial charge in [0.1, 0.15) is 11.6 Å². The van der Waals surface area contributed by atoms with E-state index in [1.54, 1.807) is 12.1 Å². The van der Waals surface area contributed by atoms with Gasteiger partial charge in [0.2, 0.25) is 11.7 Å². The predicted molar refractivity (Wildman–Crippen MR) is 113 cm³/mol. The molecule has 2 aromatic carbocycles. The van der Waals surface area contributed by atoms with Crippen molar-refractivity contribution in [2.24, 2.45) is 0 Å². The molecule has 0 radical (unpaired) electrons. The fourth-order valence-electron chi connectivity index (χ4n) is 3.63. The van der Waals surface area contributed by atoms with Gasteiger partial charge in [-0.25, -0.2) is 9.37 Å². The molecule has 4 rings (SSSR count). The normalized spacial score (nSPS) is 13.6. The molecule has 3 aromatic rings. The largest absolute Gasteiger partial charge is 0.502 e. The number of aromatic nitrogens is 2. The van der Waals surface area contributed by atoms with Gasteiger partial charge in [0.25, 0.3) is 5.56 Å². The molecule has 1 aliphatic rings. The molecule has 0 saturated carbocycles. The van der Waals surface area contributed by atoms with Crippen LogP contribution in [-0.2, 0) is 37.4 Å². The fraction of sp³-hybridized carbons (Fsp3) is 0.261. The van der Waals surface area contributed by atoms with Crippen LogP contribution in [0.5, 0.6) is 5.75 Å². The lowest BCUT2D eigenvalue weighted by atomic mass is 10.2. The molecule has 0 unspecified atom stereocenters. The molecule has 0 bridgehead atoms. The summed E-state index contributed by atoms with van der Waals surface area (Å²) in [5.74, 6) is -0.683. The maximum Gasteiger partial charge on any atom is 0.296 e. The van der Waals surface area contributed by atoms with Gasteiger partial charge in [0, 0.05) is 26.2 Å². The smallest absolute Gasteiger partial charge is 0.296 e. The highest BCUT2D eigenvalue weighted by atomic mass is 19.1. The first kappa shape index (κ1) is 20.7. The number of hydrogen-bond donors (Lipinski definition) is 2. The van der Waals surface area contributed by atoms with Crippen molar-refractivity contribution < 1.29 is 14.3 Å². The standard InChI is InChI=1S/C23H23FN4O3/c24-18-8-6-16(7-9-18)13-25-21(29)12-19-22(30)23(31)28-11-10-27(15-20(28)26-19)14-17-4-2-1-3-5-17/h1-9,30H,10-15H2,(H,25,29). The second-order valence-corrected chi connectivity index (χ2v) is 7.56. The summed E-state index contributed by atoms with van der Waals surface area (Å²) in [5.41, 5.74) is 1.45. The van der Waals surface area contributed by atoms with E-state index in [1.165, 1.54) is 16.7 Å². The molecular formula is C23H23FN4O3. The van der Waals surface area contributed by atoms with Crippen molar-refractivity contribution >= 4 is 5.91 Å². The average Bonchev–Trinajstić information content (AvgIpc) is 2.77. The third-order valence-electron chi connectivity index (χ3n) is 5.28. The van der Waals surface area contributed by atoms with Gasteiger partial charge < -0.3 is 10.4 Å². The van der Waals surface area contributed by atoms with Crippen molar-refractivity contribution in [2.45, 2.75) is 32.6 Å². The fourth-order valence-corrected chi connectivity index (χ4v) is 3.63. The molecule has 8 heteroatoms. The third kappa shape index (κ3) is 4.97. The Kier molecular flexibility index (Phi) is 6.08. The zero-order valence-electron chi connectivity index (χ0n) is 16.9. The Bertz CT molecular complexity index is 1130. The van der Waals surface area contributed by atoms with Crippen LogP contribution >= 0.6 is 0 Å². The Morgan fingerprint density at radius 3 is 2.55 bits per heavy atom. The Labute approximate surface area is 178 Å². The van der Waals surface area contributed by atoms with Gasteiger partial charge in [-0.05, 0) is 23.3 Å². The Balaban J connectivity index is 1.44. The maximum absolute atomic E-state index is 13.0. The number of benzene rings is 2. The van der Waals surface area contributed by atoms with Crippen molar-refractivity contribution in [3.63, 3.8) is 0 Å². The average molecular weight is 422 g/mol. The second-order valence-electron chi connectivity index (χ2n) is 7.56. The van der Waals surface area contributed by atoms with Crippen molar-refractivity contribution in [1.29, 1.82) is 0 Å². The second kappa shape index (κ2) is 9.09. The van der Waals surface area contributed by atoms with Gasteiger partial charge >= 0.3 is 0 Å². The molecule has 0 saturated heterocycles. The van der Waals surface area contributed by atoms with E-state index in [2.05, 4.69) is 15.2 Å². The molecular weight excluding hydrogens is 399 g/mol. The number of hydrogen-bond acceptors (Lipinski definition) is 5. The van der Waals surface area contributed by atoms with E-state index in [4.69, 9.17) is 0 Å². The van der Waals surface area contributed by atoms with Gasteiger partial charge in [-0.2, -0.15) is 0 Å². The highest BCUT2D eigenvalue weighted by Crippen LogP contribution is 2.17. The van der Waals surface area contributed by atoms with Crippen molar-refractivity contribution in [3.05, 3.63) is 93.4 Å². The molecule has 1 amide bonds. The van der Waals surface area contributed by atoms with Gasteiger partial charge in [0.15, 0.2) is 0 Å². The summed E-state index contributed by atoms with van der Waals surface area (Å²) in [6.45, 7) is 2.49. The van der Waals surface area contributed by atoms with Gasteiger partial charge in [0.05, 0.1) is 18.7 Å². The summed E-state index contributed by atoms with van der Waals surface area (Å²) in [4.78, 5) is 31.5. The third-order valence-corrected chi connectivity index (χ3v) is 5.28. The topological polar surface area (TPSA) is 87.5 Å². The molecule has 1 aromatic heterocycles. The monoisotopic (exact) mass is 422 g/mol. The number of carbonyl (C=O) groups is 1. The molecule has 0 fully saturated rings. The Morgan fingerprint density at radius 1 is 1.06 bits per heavy atom. The Hall–Kier alpha value is -3.52. The minimum absolute atomic E-state index is 0.0643. The van der Waals surface area contributed by atoms with Crippen LogP contribution in [-0.4, -0.2) is 32.0 Å². The summed E-state index contributed by atoms with van der Waals surface area (Å²) in [7, 11) is 0. The zero-order valence-corrected chi connectivity index (χ0v) is 16.9. The molecule has 0 atom stereocenters. The number of nitrogens with one attached hydrogen (secondary N) is 1. The number of halogens is 1. The first-order chi connectivity index (χ1) is 15.0. The summed E-state index contributed by atoms with van der Waals surface area (Å²) in [6.07, 6.45) is -0.213. The van der Waals surface area contributed by atoms with Crippen LogP contribution in [0.2, 0.25) is 0 Å². The lowest BCUT2D eigenvalue weighted by molar-refractivity contribution is -0.120. The summed E-state index contributed by atoms with van der Waals surface area (Å²) in [6, 6.07) is 15.8. The van der Waals surface area contributed by atoms with Crippen LogP contribution in [0.1, 0.15) is 22.6 Å². The Morgan fingerprint density at radius 2 is 1.81 bits per heavy atom. The summed E-state index contributed by atoms with van der Waals surface area (Å²) in [5, 5.41) is 13.0. The van der Waals surface area contributed by atoms with Crippen molar-refractivity contribution in [1.82, 2.24) is 19.8 Å². The van der Waals surface area contributed by atoms with E-state index >= 15 is 0 Å². The van der Waals surface area contributed by atoms with Crippen LogP contribution in [0.25, 0.3) is 0 Å². The molecule has 0 spiro atoms. The molecule has 7 nitrogen and oxygen atoms in total. The van der Waals surface area contributed by atoms with Crippen LogP contribution < -0.4 is 10.9 Å². The maximum atomic E-state index is 13.0. The van der Waals surface area contributed by atoms with E-state index in [9.17, 15) is 19.1 Å². The molecule has 0 aliphatic carbocycles. The first-order valence-electron chi connectivity index (χ1n) is 10.1. The number of rotatable bonds is 6. The van der Waals surface area contributed by atoms with E-state index < -0.39 is 11.3 Å². The van der Waals surface area contributed by atoms with Gasteiger partial charge in [-0.3, -0.25) is 19.1 Å². The van der Waals surface area contributed by atoms with Crippen LogP contribution in [0.3, 0.4) is 0 Å². The highest BCUT2D eigenvalue weighted by molar-refractivity contribution is 5.78. The quantitative estimate of drug-likeness (QED) is 0.634. The molecule has 2 heterocycles. The van der Waals surface area contributed by atoms with Crippen LogP contribution in [0.4, 0.5) is 4.39 Å². The van der Waals surface area contributed by atoms with Gasteiger partial charge in [-0.1, -0.05) is 42.5 Å².